The molecule has 0 spiro atoms. The summed E-state index contributed by atoms with van der Waals surface area (Å²) < 4.78 is 0.746. The summed E-state index contributed by atoms with van der Waals surface area (Å²) in [5.74, 6) is 0.0269. The van der Waals surface area contributed by atoms with E-state index in [2.05, 4.69) is 32.3 Å². The smallest absolute Gasteiger partial charge is 0.258 e. The molecule has 3 aromatic rings. The monoisotopic (exact) mass is 497 g/mol. The van der Waals surface area contributed by atoms with Crippen molar-refractivity contribution in [3.8, 4) is 11.3 Å². The fourth-order valence-electron chi connectivity index (χ4n) is 3.75. The van der Waals surface area contributed by atoms with Crippen molar-refractivity contribution in [2.24, 2.45) is 5.92 Å². The van der Waals surface area contributed by atoms with E-state index in [0.29, 0.717) is 10.7 Å². The molecule has 2 heterocycles. The number of thiazole rings is 1. The van der Waals surface area contributed by atoms with Crippen molar-refractivity contribution in [3.63, 3.8) is 0 Å². The summed E-state index contributed by atoms with van der Waals surface area (Å²) in [5.41, 5.74) is 4.61. The molecule has 1 N–H and O–H groups in total. The fraction of sp³-hybridized carbons (Fsp3) is 0.292. The van der Waals surface area contributed by atoms with E-state index in [4.69, 9.17) is 0 Å². The SMILES string of the molecule is CCC(C)C(=O)N1CCc2cc(-c3nc(NC(=O)c4ccccc4Br)sc3C)ccc21. The van der Waals surface area contributed by atoms with Crippen LogP contribution in [-0.4, -0.2) is 23.3 Å². The summed E-state index contributed by atoms with van der Waals surface area (Å²) in [5, 5.41) is 3.48. The number of hydrogen-bond acceptors (Lipinski definition) is 4. The van der Waals surface area contributed by atoms with Gasteiger partial charge in [0.15, 0.2) is 5.13 Å². The van der Waals surface area contributed by atoms with Crippen LogP contribution in [0.1, 0.15) is 41.1 Å². The van der Waals surface area contributed by atoms with Gasteiger partial charge < -0.3 is 4.90 Å². The van der Waals surface area contributed by atoms with E-state index in [0.717, 1.165) is 45.7 Å². The van der Waals surface area contributed by atoms with Gasteiger partial charge in [0.1, 0.15) is 0 Å². The third-order valence-electron chi connectivity index (χ3n) is 5.68. The lowest BCUT2D eigenvalue weighted by molar-refractivity contribution is -0.121. The van der Waals surface area contributed by atoms with E-state index in [1.54, 1.807) is 6.07 Å². The van der Waals surface area contributed by atoms with Gasteiger partial charge in [-0.1, -0.05) is 32.0 Å². The molecule has 2 aromatic carbocycles. The summed E-state index contributed by atoms with van der Waals surface area (Å²) in [4.78, 5) is 32.9. The molecule has 31 heavy (non-hydrogen) atoms. The van der Waals surface area contributed by atoms with Gasteiger partial charge in [-0.05, 0) is 65.5 Å². The number of halogens is 1. The van der Waals surface area contributed by atoms with Crippen molar-refractivity contribution in [2.45, 2.75) is 33.6 Å². The summed E-state index contributed by atoms with van der Waals surface area (Å²) in [6.45, 7) is 6.76. The largest absolute Gasteiger partial charge is 0.312 e. The molecule has 1 unspecified atom stereocenters. The van der Waals surface area contributed by atoms with Crippen LogP contribution in [0.2, 0.25) is 0 Å². The van der Waals surface area contributed by atoms with Gasteiger partial charge in [0.25, 0.3) is 5.91 Å². The summed E-state index contributed by atoms with van der Waals surface area (Å²) in [6.07, 6.45) is 1.69. The van der Waals surface area contributed by atoms with Crippen LogP contribution in [0.3, 0.4) is 0 Å². The third-order valence-corrected chi connectivity index (χ3v) is 7.26. The quantitative estimate of drug-likeness (QED) is 0.465. The molecule has 0 fully saturated rings. The van der Waals surface area contributed by atoms with Gasteiger partial charge in [0, 0.05) is 33.1 Å². The Balaban J connectivity index is 1.56. The first kappa shape index (κ1) is 21.7. The fourth-order valence-corrected chi connectivity index (χ4v) is 5.04. The number of fused-ring (bicyclic) bond motifs is 1. The summed E-state index contributed by atoms with van der Waals surface area (Å²) in [7, 11) is 0. The van der Waals surface area contributed by atoms with Crippen LogP contribution in [0.5, 0.6) is 0 Å². The van der Waals surface area contributed by atoms with Crippen molar-refractivity contribution in [2.75, 3.05) is 16.8 Å². The lowest BCUT2D eigenvalue weighted by Gasteiger charge is -2.21. The van der Waals surface area contributed by atoms with Gasteiger partial charge in [-0.15, -0.1) is 11.3 Å². The number of nitrogens with zero attached hydrogens (tertiary/aromatic N) is 2. The Labute approximate surface area is 194 Å². The minimum atomic E-state index is -0.194. The van der Waals surface area contributed by atoms with E-state index in [-0.39, 0.29) is 17.7 Å². The van der Waals surface area contributed by atoms with Crippen LogP contribution in [-0.2, 0) is 11.2 Å². The lowest BCUT2D eigenvalue weighted by atomic mass is 10.0. The number of amides is 2. The Hall–Kier alpha value is -2.51. The first-order valence-electron chi connectivity index (χ1n) is 10.4. The highest BCUT2D eigenvalue weighted by molar-refractivity contribution is 9.10. The van der Waals surface area contributed by atoms with Crippen LogP contribution in [0.4, 0.5) is 10.8 Å². The molecule has 1 aromatic heterocycles. The highest BCUT2D eigenvalue weighted by atomic mass is 79.9. The van der Waals surface area contributed by atoms with Gasteiger partial charge in [-0.2, -0.15) is 0 Å². The maximum Gasteiger partial charge on any atom is 0.258 e. The van der Waals surface area contributed by atoms with Crippen molar-refractivity contribution >= 4 is 49.9 Å². The van der Waals surface area contributed by atoms with E-state index >= 15 is 0 Å². The van der Waals surface area contributed by atoms with Crippen molar-refractivity contribution in [1.82, 2.24) is 4.98 Å². The second-order valence-electron chi connectivity index (χ2n) is 7.75. The summed E-state index contributed by atoms with van der Waals surface area (Å²) in [6, 6.07) is 13.5. The van der Waals surface area contributed by atoms with Crippen LogP contribution < -0.4 is 10.2 Å². The predicted molar refractivity (Wildman–Crippen MR) is 130 cm³/mol. The Bertz CT molecular complexity index is 1160. The number of carbonyl (C=O) groups is 2. The number of hydrogen-bond donors (Lipinski definition) is 1. The third kappa shape index (κ3) is 4.29. The maximum atomic E-state index is 12.7. The Kier molecular flexibility index (Phi) is 6.25. The zero-order valence-corrected chi connectivity index (χ0v) is 20.1. The second-order valence-corrected chi connectivity index (χ2v) is 9.81. The molecule has 1 atom stereocenters. The van der Waals surface area contributed by atoms with Gasteiger partial charge >= 0.3 is 0 Å². The molecule has 7 heteroatoms. The molecule has 0 aliphatic carbocycles. The zero-order chi connectivity index (χ0) is 22.1. The van der Waals surface area contributed by atoms with E-state index in [1.165, 1.54) is 16.9 Å². The molecule has 1 aliphatic rings. The molecule has 0 radical (unpaired) electrons. The van der Waals surface area contributed by atoms with Gasteiger partial charge in [-0.25, -0.2) is 4.98 Å². The lowest BCUT2D eigenvalue weighted by Crippen LogP contribution is -2.33. The highest BCUT2D eigenvalue weighted by Crippen LogP contribution is 2.36. The van der Waals surface area contributed by atoms with Crippen LogP contribution >= 0.6 is 27.3 Å². The number of nitrogens with one attached hydrogen (secondary N) is 1. The van der Waals surface area contributed by atoms with Crippen LogP contribution in [0, 0.1) is 12.8 Å². The average molecular weight is 498 g/mol. The average Bonchev–Trinajstić information content (AvgIpc) is 3.35. The minimum absolute atomic E-state index is 0.0298. The van der Waals surface area contributed by atoms with Gasteiger partial charge in [0.05, 0.1) is 11.3 Å². The molecule has 0 saturated heterocycles. The highest BCUT2D eigenvalue weighted by Gasteiger charge is 2.28. The minimum Gasteiger partial charge on any atom is -0.312 e. The topological polar surface area (TPSA) is 62.3 Å². The number of aryl methyl sites for hydroxylation is 1. The molecule has 0 bridgehead atoms. The molecule has 2 amide bonds. The standard InChI is InChI=1S/C24H24BrN3O2S/c1-4-14(2)23(30)28-12-11-16-13-17(9-10-20(16)28)21-15(3)31-24(26-21)27-22(29)18-7-5-6-8-19(18)25/h5-10,13-14H,4,11-12H2,1-3H3,(H,26,27,29). The number of rotatable bonds is 5. The van der Waals surface area contributed by atoms with Gasteiger partial charge in [0.2, 0.25) is 5.91 Å². The maximum absolute atomic E-state index is 12.7. The molecule has 160 valence electrons. The Morgan fingerprint density at radius 3 is 2.77 bits per heavy atom. The van der Waals surface area contributed by atoms with Crippen molar-refractivity contribution in [1.29, 1.82) is 0 Å². The zero-order valence-electron chi connectivity index (χ0n) is 17.7. The van der Waals surface area contributed by atoms with Crippen molar-refractivity contribution < 1.29 is 9.59 Å². The number of anilines is 2. The van der Waals surface area contributed by atoms with Crippen LogP contribution in [0.25, 0.3) is 11.3 Å². The molecule has 1 aliphatic heterocycles. The van der Waals surface area contributed by atoms with E-state index < -0.39 is 0 Å². The molecular formula is C24H24BrN3O2S. The van der Waals surface area contributed by atoms with Crippen molar-refractivity contribution in [3.05, 3.63) is 62.9 Å². The predicted octanol–water partition coefficient (Wildman–Crippen LogP) is 6.07. The Morgan fingerprint density at radius 1 is 1.26 bits per heavy atom. The van der Waals surface area contributed by atoms with E-state index in [1.807, 2.05) is 56.0 Å². The van der Waals surface area contributed by atoms with Crippen LogP contribution in [0.15, 0.2) is 46.9 Å². The van der Waals surface area contributed by atoms with Gasteiger partial charge in [-0.3, -0.25) is 14.9 Å². The summed E-state index contributed by atoms with van der Waals surface area (Å²) >= 11 is 4.88. The number of carbonyl (C=O) groups excluding carboxylic acids is 2. The first-order valence-corrected chi connectivity index (χ1v) is 12.0. The Morgan fingerprint density at radius 2 is 2.03 bits per heavy atom. The first-order chi connectivity index (χ1) is 14.9. The number of aromatic nitrogens is 1. The molecular weight excluding hydrogens is 474 g/mol. The van der Waals surface area contributed by atoms with E-state index in [9.17, 15) is 9.59 Å². The number of benzene rings is 2. The molecule has 4 rings (SSSR count). The second kappa shape index (κ2) is 8.93. The molecule has 5 nitrogen and oxygen atoms in total. The normalized spacial score (nSPS) is 13.7. The molecule has 0 saturated carbocycles.